The van der Waals surface area contributed by atoms with Crippen LogP contribution in [0.1, 0.15) is 61.7 Å². The molecule has 0 spiro atoms. The number of nitrogens with zero attached hydrogens (tertiary/aromatic N) is 1. The number of aromatic nitrogens is 1. The van der Waals surface area contributed by atoms with Crippen molar-refractivity contribution in [3.63, 3.8) is 0 Å². The number of hydrogen-bond donors (Lipinski definition) is 2. The quantitative estimate of drug-likeness (QED) is 0.768. The van der Waals surface area contributed by atoms with E-state index < -0.39 is 5.97 Å². The molecule has 1 saturated carbocycles. The molecule has 1 amide bonds. The van der Waals surface area contributed by atoms with Crippen LogP contribution in [0.2, 0.25) is 0 Å². The third-order valence-electron chi connectivity index (χ3n) is 3.56. The van der Waals surface area contributed by atoms with Gasteiger partial charge in [0.15, 0.2) is 5.69 Å². The zero-order valence-electron chi connectivity index (χ0n) is 12.5. The molecule has 6 heteroatoms. The highest BCUT2D eigenvalue weighted by Crippen LogP contribution is 2.40. The lowest BCUT2D eigenvalue weighted by atomic mass is 9.94. The molecule has 2 N–H and O–H groups in total. The van der Waals surface area contributed by atoms with Gasteiger partial charge in [0, 0.05) is 24.9 Å². The standard InChI is InChI=1S/C15H22N2O4/c1-9(2)5-10(6-14(18)19)8-16-15(20)12-7-13(21-17-12)11-3-4-11/h7,9-11H,3-6,8H2,1-2H3,(H,16,20)(H,18,19)/t10-/m0/s1. The molecule has 0 aliphatic heterocycles. The lowest BCUT2D eigenvalue weighted by Gasteiger charge is -2.17. The normalized spacial score (nSPS) is 16.0. The van der Waals surface area contributed by atoms with E-state index in [0.717, 1.165) is 25.0 Å². The Morgan fingerprint density at radius 1 is 1.48 bits per heavy atom. The first-order chi connectivity index (χ1) is 9.95. The average molecular weight is 294 g/mol. The number of carbonyl (C=O) groups excluding carboxylic acids is 1. The van der Waals surface area contributed by atoms with E-state index in [9.17, 15) is 9.59 Å². The van der Waals surface area contributed by atoms with Crippen LogP contribution in [0.25, 0.3) is 0 Å². The molecule has 0 unspecified atom stereocenters. The van der Waals surface area contributed by atoms with Crippen molar-refractivity contribution in [1.82, 2.24) is 10.5 Å². The predicted octanol–water partition coefficient (Wildman–Crippen LogP) is 2.42. The Balaban J connectivity index is 1.85. The molecule has 1 fully saturated rings. The van der Waals surface area contributed by atoms with Gasteiger partial charge in [-0.05, 0) is 31.1 Å². The van der Waals surface area contributed by atoms with E-state index in [0.29, 0.717) is 18.4 Å². The van der Waals surface area contributed by atoms with Gasteiger partial charge in [0.05, 0.1) is 0 Å². The largest absolute Gasteiger partial charge is 0.481 e. The second-order valence-electron chi connectivity index (χ2n) is 6.19. The van der Waals surface area contributed by atoms with E-state index in [1.165, 1.54) is 0 Å². The first-order valence-corrected chi connectivity index (χ1v) is 7.42. The van der Waals surface area contributed by atoms with Gasteiger partial charge >= 0.3 is 5.97 Å². The summed E-state index contributed by atoms with van der Waals surface area (Å²) in [4.78, 5) is 22.8. The van der Waals surface area contributed by atoms with Crippen molar-refractivity contribution >= 4 is 11.9 Å². The van der Waals surface area contributed by atoms with Gasteiger partial charge in [0.25, 0.3) is 5.91 Å². The fourth-order valence-electron chi connectivity index (χ4n) is 2.44. The summed E-state index contributed by atoms with van der Waals surface area (Å²) in [6.07, 6.45) is 3.00. The number of rotatable bonds is 8. The van der Waals surface area contributed by atoms with Gasteiger partial charge in [-0.1, -0.05) is 19.0 Å². The van der Waals surface area contributed by atoms with Crippen LogP contribution in [-0.2, 0) is 4.79 Å². The van der Waals surface area contributed by atoms with Crippen molar-refractivity contribution in [2.75, 3.05) is 6.54 Å². The minimum atomic E-state index is -0.840. The van der Waals surface area contributed by atoms with Gasteiger partial charge in [0.1, 0.15) is 5.76 Å². The molecule has 1 aliphatic rings. The van der Waals surface area contributed by atoms with Crippen LogP contribution >= 0.6 is 0 Å². The van der Waals surface area contributed by atoms with E-state index in [4.69, 9.17) is 9.63 Å². The molecule has 1 heterocycles. The van der Waals surface area contributed by atoms with E-state index in [1.807, 2.05) is 13.8 Å². The maximum atomic E-state index is 12.0. The van der Waals surface area contributed by atoms with Crippen LogP contribution in [-0.4, -0.2) is 28.7 Å². The smallest absolute Gasteiger partial charge is 0.303 e. The summed E-state index contributed by atoms with van der Waals surface area (Å²) >= 11 is 0. The molecule has 0 bridgehead atoms. The van der Waals surface area contributed by atoms with Gasteiger partial charge in [-0.2, -0.15) is 0 Å². The first-order valence-electron chi connectivity index (χ1n) is 7.42. The molecule has 21 heavy (non-hydrogen) atoms. The molecule has 1 aromatic rings. The van der Waals surface area contributed by atoms with Gasteiger partial charge in [-0.25, -0.2) is 0 Å². The lowest BCUT2D eigenvalue weighted by molar-refractivity contribution is -0.138. The predicted molar refractivity (Wildman–Crippen MR) is 76.0 cm³/mol. The number of carboxylic acids is 1. The minimum absolute atomic E-state index is 0.0601. The fraction of sp³-hybridized carbons (Fsp3) is 0.667. The van der Waals surface area contributed by atoms with Crippen LogP contribution in [0.3, 0.4) is 0 Å². The molecule has 1 aliphatic carbocycles. The maximum absolute atomic E-state index is 12.0. The summed E-state index contributed by atoms with van der Waals surface area (Å²) in [7, 11) is 0. The molecule has 6 nitrogen and oxygen atoms in total. The van der Waals surface area contributed by atoms with Crippen LogP contribution in [0.15, 0.2) is 10.6 Å². The Labute approximate surface area is 123 Å². The number of aliphatic carboxylic acids is 1. The number of carboxylic acid groups (broad SMARTS) is 1. The molecule has 0 radical (unpaired) electrons. The second-order valence-corrected chi connectivity index (χ2v) is 6.19. The first kappa shape index (κ1) is 15.5. The van der Waals surface area contributed by atoms with E-state index in [2.05, 4.69) is 10.5 Å². The van der Waals surface area contributed by atoms with Gasteiger partial charge in [-0.3, -0.25) is 9.59 Å². The van der Waals surface area contributed by atoms with Crippen molar-refractivity contribution < 1.29 is 19.2 Å². The minimum Gasteiger partial charge on any atom is -0.481 e. The summed E-state index contributed by atoms with van der Waals surface area (Å²) in [5.74, 6) is 0.363. The van der Waals surface area contributed by atoms with Crippen LogP contribution < -0.4 is 5.32 Å². The summed E-state index contributed by atoms with van der Waals surface area (Å²) < 4.78 is 5.14. The van der Waals surface area contributed by atoms with Crippen LogP contribution in [0.4, 0.5) is 0 Å². The van der Waals surface area contributed by atoms with E-state index >= 15 is 0 Å². The number of amides is 1. The average Bonchev–Trinajstić information content (AvgIpc) is 3.12. The summed E-state index contributed by atoms with van der Waals surface area (Å²) in [5, 5.41) is 15.4. The Morgan fingerprint density at radius 3 is 2.76 bits per heavy atom. The van der Waals surface area contributed by atoms with Crippen molar-refractivity contribution in [3.05, 3.63) is 17.5 Å². The Kier molecular flexibility index (Phi) is 4.98. The van der Waals surface area contributed by atoms with E-state index in [-0.39, 0.29) is 23.9 Å². The molecular formula is C15H22N2O4. The fourth-order valence-corrected chi connectivity index (χ4v) is 2.44. The Bertz CT molecular complexity index is 506. The van der Waals surface area contributed by atoms with Gasteiger partial charge in [0.2, 0.25) is 0 Å². The summed E-state index contributed by atoms with van der Waals surface area (Å²) in [5.41, 5.74) is 0.274. The zero-order chi connectivity index (χ0) is 15.4. The molecule has 2 rings (SSSR count). The monoisotopic (exact) mass is 294 g/mol. The molecule has 116 valence electrons. The highest BCUT2D eigenvalue weighted by Gasteiger charge is 2.29. The third-order valence-corrected chi connectivity index (χ3v) is 3.56. The number of carbonyl (C=O) groups is 2. The second kappa shape index (κ2) is 6.74. The van der Waals surface area contributed by atoms with Crippen molar-refractivity contribution in [3.8, 4) is 0 Å². The Hall–Kier alpha value is -1.85. The van der Waals surface area contributed by atoms with Gasteiger partial charge < -0.3 is 14.9 Å². The Morgan fingerprint density at radius 2 is 2.19 bits per heavy atom. The number of nitrogens with one attached hydrogen (secondary N) is 1. The summed E-state index contributed by atoms with van der Waals surface area (Å²) in [6.45, 7) is 4.42. The van der Waals surface area contributed by atoms with Gasteiger partial charge in [-0.15, -0.1) is 0 Å². The van der Waals surface area contributed by atoms with Crippen LogP contribution in [0, 0.1) is 11.8 Å². The van der Waals surface area contributed by atoms with Crippen LogP contribution in [0.5, 0.6) is 0 Å². The molecule has 1 atom stereocenters. The zero-order valence-corrected chi connectivity index (χ0v) is 12.5. The SMILES string of the molecule is CC(C)C[C@H](CNC(=O)c1cc(C2CC2)on1)CC(=O)O. The maximum Gasteiger partial charge on any atom is 0.303 e. The van der Waals surface area contributed by atoms with Crippen molar-refractivity contribution in [2.45, 2.75) is 45.4 Å². The highest BCUT2D eigenvalue weighted by atomic mass is 16.5. The molecular weight excluding hydrogens is 272 g/mol. The van der Waals surface area contributed by atoms with E-state index in [1.54, 1.807) is 6.07 Å². The molecule has 1 aromatic heterocycles. The number of hydrogen-bond acceptors (Lipinski definition) is 4. The topological polar surface area (TPSA) is 92.4 Å². The highest BCUT2D eigenvalue weighted by molar-refractivity contribution is 5.92. The third kappa shape index (κ3) is 4.88. The molecule has 0 aromatic carbocycles. The van der Waals surface area contributed by atoms with Crippen molar-refractivity contribution in [1.29, 1.82) is 0 Å². The van der Waals surface area contributed by atoms with Crippen molar-refractivity contribution in [2.24, 2.45) is 11.8 Å². The molecule has 0 saturated heterocycles. The lowest BCUT2D eigenvalue weighted by Crippen LogP contribution is -2.31. The summed E-state index contributed by atoms with van der Waals surface area (Å²) in [6, 6.07) is 1.68.